The molecule has 0 saturated carbocycles. The van der Waals surface area contributed by atoms with Crippen LogP contribution < -0.4 is 0 Å². The van der Waals surface area contributed by atoms with Crippen LogP contribution in [0.25, 0.3) is 0 Å². The molecule has 0 aliphatic heterocycles. The highest BCUT2D eigenvalue weighted by Gasteiger charge is 2.12. The first kappa shape index (κ1) is 14.7. The zero-order valence-electron chi connectivity index (χ0n) is 10.7. The summed E-state index contributed by atoms with van der Waals surface area (Å²) in [6, 6.07) is 7.90. The number of aliphatic hydroxyl groups excluding tert-OH is 1. The van der Waals surface area contributed by atoms with E-state index in [9.17, 15) is 5.11 Å². The van der Waals surface area contributed by atoms with Crippen molar-refractivity contribution in [3.63, 3.8) is 0 Å². The largest absolute Gasteiger partial charge is 0.387 e. The van der Waals surface area contributed by atoms with Crippen molar-refractivity contribution >= 4 is 15.9 Å². The second kappa shape index (κ2) is 7.85. The smallest absolute Gasteiger partial charge is 0.0916 e. The molecule has 0 aromatic heterocycles. The standard InChI is InChI=1S/C14H22BrNO/c1-3-9-16(10-4-2)11-14(17)12-5-7-13(15)8-6-12/h5-8,14,17H,3-4,9-11H2,1-2H3/t14-/m1/s1. The second-order valence-electron chi connectivity index (χ2n) is 4.37. The van der Waals surface area contributed by atoms with Crippen molar-refractivity contribution in [3.8, 4) is 0 Å². The Morgan fingerprint density at radius 1 is 1.12 bits per heavy atom. The molecule has 1 atom stereocenters. The Kier molecular flexibility index (Phi) is 6.78. The zero-order chi connectivity index (χ0) is 12.7. The lowest BCUT2D eigenvalue weighted by Crippen LogP contribution is -2.30. The van der Waals surface area contributed by atoms with Crippen molar-refractivity contribution in [1.29, 1.82) is 0 Å². The molecule has 0 amide bonds. The van der Waals surface area contributed by atoms with Crippen molar-refractivity contribution in [2.45, 2.75) is 32.8 Å². The number of nitrogens with zero attached hydrogens (tertiary/aromatic N) is 1. The number of hydrogen-bond acceptors (Lipinski definition) is 2. The van der Waals surface area contributed by atoms with Gasteiger partial charge >= 0.3 is 0 Å². The third kappa shape index (κ3) is 5.19. The molecule has 0 aliphatic rings. The van der Waals surface area contributed by atoms with Crippen LogP contribution in [0.1, 0.15) is 38.4 Å². The van der Waals surface area contributed by atoms with E-state index in [2.05, 4.69) is 34.7 Å². The van der Waals surface area contributed by atoms with Gasteiger partial charge in [0.05, 0.1) is 6.10 Å². The molecule has 17 heavy (non-hydrogen) atoms. The number of halogens is 1. The van der Waals surface area contributed by atoms with Crippen LogP contribution in [0.2, 0.25) is 0 Å². The maximum Gasteiger partial charge on any atom is 0.0916 e. The summed E-state index contributed by atoms with van der Waals surface area (Å²) in [6.07, 6.45) is 1.88. The van der Waals surface area contributed by atoms with E-state index < -0.39 is 0 Å². The summed E-state index contributed by atoms with van der Waals surface area (Å²) in [5.41, 5.74) is 0.991. The predicted molar refractivity (Wildman–Crippen MR) is 76.1 cm³/mol. The Morgan fingerprint density at radius 2 is 1.65 bits per heavy atom. The fraction of sp³-hybridized carbons (Fsp3) is 0.571. The van der Waals surface area contributed by atoms with Gasteiger partial charge in [0.25, 0.3) is 0 Å². The summed E-state index contributed by atoms with van der Waals surface area (Å²) >= 11 is 3.40. The number of aliphatic hydroxyl groups is 1. The van der Waals surface area contributed by atoms with E-state index in [0.717, 1.165) is 42.5 Å². The van der Waals surface area contributed by atoms with Gasteiger partial charge in [-0.1, -0.05) is 41.9 Å². The highest BCUT2D eigenvalue weighted by molar-refractivity contribution is 9.10. The highest BCUT2D eigenvalue weighted by atomic mass is 79.9. The van der Waals surface area contributed by atoms with Crippen LogP contribution in [-0.4, -0.2) is 29.6 Å². The molecule has 0 aliphatic carbocycles. The maximum absolute atomic E-state index is 10.2. The van der Waals surface area contributed by atoms with Gasteiger partial charge in [-0.05, 0) is 43.6 Å². The number of rotatable bonds is 7. The lowest BCUT2D eigenvalue weighted by atomic mass is 10.1. The molecule has 0 unspecified atom stereocenters. The van der Waals surface area contributed by atoms with Gasteiger partial charge in [0.15, 0.2) is 0 Å². The van der Waals surface area contributed by atoms with Crippen LogP contribution >= 0.6 is 15.9 Å². The van der Waals surface area contributed by atoms with Crippen LogP contribution in [0, 0.1) is 0 Å². The van der Waals surface area contributed by atoms with Crippen molar-refractivity contribution in [2.75, 3.05) is 19.6 Å². The van der Waals surface area contributed by atoms with Gasteiger partial charge in [0, 0.05) is 11.0 Å². The Labute approximate surface area is 113 Å². The molecule has 1 aromatic rings. The van der Waals surface area contributed by atoms with Crippen molar-refractivity contribution in [3.05, 3.63) is 34.3 Å². The molecule has 3 heteroatoms. The van der Waals surface area contributed by atoms with Gasteiger partial charge in [0.2, 0.25) is 0 Å². The summed E-state index contributed by atoms with van der Waals surface area (Å²) in [4.78, 5) is 2.33. The van der Waals surface area contributed by atoms with Gasteiger partial charge in [-0.3, -0.25) is 0 Å². The maximum atomic E-state index is 10.2. The zero-order valence-corrected chi connectivity index (χ0v) is 12.3. The van der Waals surface area contributed by atoms with E-state index >= 15 is 0 Å². The summed E-state index contributed by atoms with van der Waals surface area (Å²) in [6.45, 7) is 7.19. The molecular formula is C14H22BrNO. The molecule has 2 nitrogen and oxygen atoms in total. The Hall–Kier alpha value is -0.380. The first-order valence-corrected chi connectivity index (χ1v) is 7.12. The normalized spacial score (nSPS) is 13.0. The summed E-state index contributed by atoms with van der Waals surface area (Å²) in [5.74, 6) is 0. The SMILES string of the molecule is CCCN(CCC)C[C@@H](O)c1ccc(Br)cc1. The van der Waals surface area contributed by atoms with E-state index in [0.29, 0.717) is 0 Å². The molecule has 96 valence electrons. The molecular weight excluding hydrogens is 278 g/mol. The molecule has 1 N–H and O–H groups in total. The van der Waals surface area contributed by atoms with Gasteiger partial charge in [-0.25, -0.2) is 0 Å². The lowest BCUT2D eigenvalue weighted by molar-refractivity contribution is 0.113. The molecule has 0 bridgehead atoms. The lowest BCUT2D eigenvalue weighted by Gasteiger charge is -2.24. The predicted octanol–water partition coefficient (Wildman–Crippen LogP) is 3.60. The molecule has 0 fully saturated rings. The Morgan fingerprint density at radius 3 is 2.12 bits per heavy atom. The van der Waals surface area contributed by atoms with Gasteiger partial charge in [-0.15, -0.1) is 0 Å². The fourth-order valence-corrected chi connectivity index (χ4v) is 2.23. The Balaban J connectivity index is 2.56. The van der Waals surface area contributed by atoms with Crippen molar-refractivity contribution in [1.82, 2.24) is 4.90 Å². The average Bonchev–Trinajstić information content (AvgIpc) is 2.30. The molecule has 1 aromatic carbocycles. The third-order valence-electron chi connectivity index (χ3n) is 2.77. The molecule has 0 spiro atoms. The topological polar surface area (TPSA) is 23.5 Å². The van der Waals surface area contributed by atoms with Crippen LogP contribution in [0.4, 0.5) is 0 Å². The summed E-state index contributed by atoms with van der Waals surface area (Å²) in [5, 5.41) is 10.2. The monoisotopic (exact) mass is 299 g/mol. The molecule has 0 saturated heterocycles. The fourth-order valence-electron chi connectivity index (χ4n) is 1.96. The second-order valence-corrected chi connectivity index (χ2v) is 5.28. The third-order valence-corrected chi connectivity index (χ3v) is 3.29. The van der Waals surface area contributed by atoms with E-state index in [-0.39, 0.29) is 6.10 Å². The minimum Gasteiger partial charge on any atom is -0.387 e. The van der Waals surface area contributed by atoms with Gasteiger partial charge < -0.3 is 10.0 Å². The summed E-state index contributed by atoms with van der Waals surface area (Å²) < 4.78 is 1.05. The van der Waals surface area contributed by atoms with Crippen molar-refractivity contribution in [2.24, 2.45) is 0 Å². The Bertz CT molecular complexity index is 307. The molecule has 0 radical (unpaired) electrons. The van der Waals surface area contributed by atoms with Gasteiger partial charge in [-0.2, -0.15) is 0 Å². The van der Waals surface area contributed by atoms with Crippen LogP contribution in [0.3, 0.4) is 0 Å². The quantitative estimate of drug-likeness (QED) is 0.831. The number of hydrogen-bond donors (Lipinski definition) is 1. The minimum absolute atomic E-state index is 0.388. The van der Waals surface area contributed by atoms with E-state index in [1.807, 2.05) is 24.3 Å². The van der Waals surface area contributed by atoms with Crippen molar-refractivity contribution < 1.29 is 5.11 Å². The van der Waals surface area contributed by atoms with E-state index in [1.54, 1.807) is 0 Å². The van der Waals surface area contributed by atoms with E-state index in [4.69, 9.17) is 0 Å². The molecule has 1 rings (SSSR count). The average molecular weight is 300 g/mol. The van der Waals surface area contributed by atoms with Gasteiger partial charge in [0.1, 0.15) is 0 Å². The first-order chi connectivity index (χ1) is 8.17. The number of benzene rings is 1. The minimum atomic E-state index is -0.388. The first-order valence-electron chi connectivity index (χ1n) is 6.33. The highest BCUT2D eigenvalue weighted by Crippen LogP contribution is 2.18. The molecule has 0 heterocycles. The van der Waals surface area contributed by atoms with Crippen LogP contribution in [0.5, 0.6) is 0 Å². The van der Waals surface area contributed by atoms with Crippen LogP contribution in [0.15, 0.2) is 28.7 Å². The van der Waals surface area contributed by atoms with Crippen LogP contribution in [-0.2, 0) is 0 Å². The summed E-state index contributed by atoms with van der Waals surface area (Å²) in [7, 11) is 0. The van der Waals surface area contributed by atoms with E-state index in [1.165, 1.54) is 0 Å².